The van der Waals surface area contributed by atoms with Crippen LogP contribution >= 0.6 is 0 Å². The molecule has 0 saturated heterocycles. The molecular weight excluding hydrogens is 421 g/mol. The molecule has 0 aliphatic heterocycles. The van der Waals surface area contributed by atoms with E-state index in [0.717, 1.165) is 23.3 Å². The summed E-state index contributed by atoms with van der Waals surface area (Å²) in [4.78, 5) is 11.1. The van der Waals surface area contributed by atoms with Crippen LogP contribution in [-0.2, 0) is 17.4 Å². The van der Waals surface area contributed by atoms with Crippen molar-refractivity contribution in [3.05, 3.63) is 89.5 Å². The highest BCUT2D eigenvalue weighted by atomic mass is 19.4. The Morgan fingerprint density at radius 2 is 1.75 bits per heavy atom. The van der Waals surface area contributed by atoms with Crippen molar-refractivity contribution in [3.63, 3.8) is 0 Å². The number of hydrogen-bond acceptors (Lipinski definition) is 3. The SMILES string of the molecule is COc1c(CC(=O)O)cccc1-c1cccc(OCC=Cc2ccc(C(F)(F)F)cc2)c1. The van der Waals surface area contributed by atoms with Gasteiger partial charge >= 0.3 is 12.1 Å². The number of carboxylic acid groups (broad SMARTS) is 1. The maximum absolute atomic E-state index is 12.6. The lowest BCUT2D eigenvalue weighted by Gasteiger charge is -2.13. The van der Waals surface area contributed by atoms with Gasteiger partial charge in [-0.15, -0.1) is 0 Å². The molecule has 4 nitrogen and oxygen atoms in total. The number of carboxylic acids is 1. The molecule has 0 fully saturated rings. The number of carbonyl (C=O) groups is 1. The molecule has 3 aromatic carbocycles. The van der Waals surface area contributed by atoms with Crippen molar-refractivity contribution in [1.82, 2.24) is 0 Å². The van der Waals surface area contributed by atoms with Gasteiger partial charge in [0.25, 0.3) is 0 Å². The van der Waals surface area contributed by atoms with Crippen LogP contribution in [0, 0.1) is 0 Å². The van der Waals surface area contributed by atoms with Gasteiger partial charge in [0.2, 0.25) is 0 Å². The molecule has 3 rings (SSSR count). The minimum atomic E-state index is -4.35. The van der Waals surface area contributed by atoms with Gasteiger partial charge in [0, 0.05) is 11.1 Å². The number of hydrogen-bond donors (Lipinski definition) is 1. The molecule has 0 unspecified atom stereocenters. The van der Waals surface area contributed by atoms with Crippen LogP contribution in [0.25, 0.3) is 17.2 Å². The van der Waals surface area contributed by atoms with E-state index < -0.39 is 17.7 Å². The zero-order valence-electron chi connectivity index (χ0n) is 17.2. The largest absolute Gasteiger partial charge is 0.496 e. The first-order valence-electron chi connectivity index (χ1n) is 9.72. The van der Waals surface area contributed by atoms with Crippen molar-refractivity contribution in [1.29, 1.82) is 0 Å². The van der Waals surface area contributed by atoms with E-state index in [1.807, 2.05) is 24.3 Å². The van der Waals surface area contributed by atoms with Crippen LogP contribution in [0.3, 0.4) is 0 Å². The Labute approximate surface area is 183 Å². The van der Waals surface area contributed by atoms with Crippen molar-refractivity contribution in [2.45, 2.75) is 12.6 Å². The normalized spacial score (nSPS) is 11.5. The van der Waals surface area contributed by atoms with Crippen molar-refractivity contribution in [2.24, 2.45) is 0 Å². The maximum atomic E-state index is 12.6. The molecule has 0 spiro atoms. The van der Waals surface area contributed by atoms with Gasteiger partial charge in [0.1, 0.15) is 18.1 Å². The van der Waals surface area contributed by atoms with Gasteiger partial charge in [-0.3, -0.25) is 4.79 Å². The van der Waals surface area contributed by atoms with E-state index in [4.69, 9.17) is 14.6 Å². The lowest BCUT2D eigenvalue weighted by atomic mass is 9.99. The smallest absolute Gasteiger partial charge is 0.416 e. The highest BCUT2D eigenvalue weighted by Crippen LogP contribution is 2.35. The molecule has 1 N–H and O–H groups in total. The summed E-state index contributed by atoms with van der Waals surface area (Å²) in [6.07, 6.45) is -1.11. The Morgan fingerprint density at radius 1 is 1.03 bits per heavy atom. The van der Waals surface area contributed by atoms with Crippen LogP contribution in [0.5, 0.6) is 11.5 Å². The molecule has 0 aliphatic carbocycles. The van der Waals surface area contributed by atoms with Gasteiger partial charge in [-0.2, -0.15) is 13.2 Å². The number of aliphatic carboxylic acids is 1. The number of benzene rings is 3. The first kappa shape index (κ1) is 22.9. The Morgan fingerprint density at radius 3 is 2.41 bits per heavy atom. The Bertz CT molecular complexity index is 1100. The summed E-state index contributed by atoms with van der Waals surface area (Å²) in [7, 11) is 1.50. The zero-order chi connectivity index (χ0) is 23.1. The summed E-state index contributed by atoms with van der Waals surface area (Å²) in [6.45, 7) is 0.223. The summed E-state index contributed by atoms with van der Waals surface area (Å²) in [5.41, 5.74) is 2.07. The molecule has 0 amide bonds. The molecule has 0 aliphatic rings. The average Bonchev–Trinajstić information content (AvgIpc) is 2.76. The second-order valence-electron chi connectivity index (χ2n) is 6.93. The number of halogens is 3. The van der Waals surface area contributed by atoms with Crippen molar-refractivity contribution in [3.8, 4) is 22.6 Å². The number of para-hydroxylation sites is 1. The molecule has 0 saturated carbocycles. The van der Waals surface area contributed by atoms with Crippen molar-refractivity contribution < 1.29 is 32.5 Å². The van der Waals surface area contributed by atoms with E-state index in [-0.39, 0.29) is 13.0 Å². The molecule has 166 valence electrons. The lowest BCUT2D eigenvalue weighted by Crippen LogP contribution is -2.04. The molecule has 0 aromatic heterocycles. The van der Waals surface area contributed by atoms with Crippen molar-refractivity contribution in [2.75, 3.05) is 13.7 Å². The first-order chi connectivity index (χ1) is 15.3. The van der Waals surface area contributed by atoms with E-state index in [0.29, 0.717) is 22.6 Å². The number of alkyl halides is 3. The number of ether oxygens (including phenoxy) is 2. The van der Waals surface area contributed by atoms with Gasteiger partial charge in [-0.25, -0.2) is 0 Å². The summed E-state index contributed by atoms with van der Waals surface area (Å²) >= 11 is 0. The quantitative estimate of drug-likeness (QED) is 0.458. The fraction of sp³-hybridized carbons (Fsp3) is 0.160. The van der Waals surface area contributed by atoms with Crippen molar-refractivity contribution >= 4 is 12.0 Å². The third-order valence-electron chi connectivity index (χ3n) is 4.68. The number of methoxy groups -OCH3 is 1. The average molecular weight is 442 g/mol. The molecule has 7 heteroatoms. The van der Waals surface area contributed by atoms with Crippen LogP contribution in [0.1, 0.15) is 16.7 Å². The van der Waals surface area contributed by atoms with Gasteiger partial charge in [-0.1, -0.05) is 48.5 Å². The molecule has 0 bridgehead atoms. The van der Waals surface area contributed by atoms with Crippen LogP contribution < -0.4 is 9.47 Å². The van der Waals surface area contributed by atoms with Crippen LogP contribution in [0.15, 0.2) is 72.8 Å². The number of rotatable bonds is 8. The van der Waals surface area contributed by atoms with Crippen LogP contribution in [0.4, 0.5) is 13.2 Å². The standard InChI is InChI=1S/C25H21F3O4/c1-31-24-19(16-23(29)30)7-3-9-22(24)18-6-2-8-21(15-18)32-14-4-5-17-10-12-20(13-11-17)25(26,27)28/h2-13,15H,14,16H2,1H3,(H,29,30). The highest BCUT2D eigenvalue weighted by molar-refractivity contribution is 5.77. The molecule has 0 radical (unpaired) electrons. The fourth-order valence-electron chi connectivity index (χ4n) is 3.22. The van der Waals surface area contributed by atoms with Gasteiger partial charge in [-0.05, 0) is 41.5 Å². The minimum absolute atomic E-state index is 0.151. The second kappa shape index (κ2) is 10.0. The molecule has 0 atom stereocenters. The van der Waals surface area contributed by atoms with Crippen LogP contribution in [-0.4, -0.2) is 24.8 Å². The topological polar surface area (TPSA) is 55.8 Å². The first-order valence-corrected chi connectivity index (χ1v) is 9.72. The van der Waals surface area contributed by atoms with E-state index in [9.17, 15) is 18.0 Å². The minimum Gasteiger partial charge on any atom is -0.496 e. The van der Waals surface area contributed by atoms with Crippen LogP contribution in [0.2, 0.25) is 0 Å². The molecule has 3 aromatic rings. The highest BCUT2D eigenvalue weighted by Gasteiger charge is 2.29. The Balaban J connectivity index is 1.70. The second-order valence-corrected chi connectivity index (χ2v) is 6.93. The summed E-state index contributed by atoms with van der Waals surface area (Å²) in [6, 6.07) is 17.5. The third kappa shape index (κ3) is 5.91. The Hall–Kier alpha value is -3.74. The van der Waals surface area contributed by atoms with Gasteiger partial charge in [0.05, 0.1) is 19.1 Å². The summed E-state index contributed by atoms with van der Waals surface area (Å²) in [5.74, 6) is 0.136. The predicted molar refractivity (Wildman–Crippen MR) is 116 cm³/mol. The summed E-state index contributed by atoms with van der Waals surface area (Å²) < 4.78 is 49.1. The Kier molecular flexibility index (Phi) is 7.20. The monoisotopic (exact) mass is 442 g/mol. The van der Waals surface area contributed by atoms with E-state index in [1.54, 1.807) is 30.4 Å². The molecule has 0 heterocycles. The zero-order valence-corrected chi connectivity index (χ0v) is 17.2. The maximum Gasteiger partial charge on any atom is 0.416 e. The van der Waals surface area contributed by atoms with E-state index in [1.165, 1.54) is 19.2 Å². The lowest BCUT2D eigenvalue weighted by molar-refractivity contribution is -0.138. The predicted octanol–water partition coefficient (Wildman–Crippen LogP) is 6.10. The molecular formula is C25H21F3O4. The summed E-state index contributed by atoms with van der Waals surface area (Å²) in [5, 5.41) is 9.11. The van der Waals surface area contributed by atoms with Gasteiger partial charge in [0.15, 0.2) is 0 Å². The fourth-order valence-corrected chi connectivity index (χ4v) is 3.22. The van der Waals surface area contributed by atoms with Gasteiger partial charge < -0.3 is 14.6 Å². The van der Waals surface area contributed by atoms with E-state index in [2.05, 4.69) is 0 Å². The third-order valence-corrected chi connectivity index (χ3v) is 4.68. The van der Waals surface area contributed by atoms with E-state index >= 15 is 0 Å². The molecule has 32 heavy (non-hydrogen) atoms.